The first-order chi connectivity index (χ1) is 11.6. The van der Waals surface area contributed by atoms with Crippen LogP contribution in [0.1, 0.15) is 53.7 Å². The zero-order valence-corrected chi connectivity index (χ0v) is 13.8. The fourth-order valence-corrected chi connectivity index (χ4v) is 3.50. The number of carboxylic acids is 1. The van der Waals surface area contributed by atoms with Crippen molar-refractivity contribution < 1.29 is 14.7 Å². The van der Waals surface area contributed by atoms with E-state index in [0.717, 1.165) is 12.0 Å². The van der Waals surface area contributed by atoms with E-state index >= 15 is 0 Å². The van der Waals surface area contributed by atoms with E-state index in [4.69, 9.17) is 0 Å². The van der Waals surface area contributed by atoms with E-state index in [1.54, 1.807) is 29.2 Å². The molecule has 0 aromatic heterocycles. The molecule has 4 heteroatoms. The van der Waals surface area contributed by atoms with Crippen molar-refractivity contribution in [3.8, 4) is 0 Å². The Morgan fingerprint density at radius 3 is 2.38 bits per heavy atom. The van der Waals surface area contributed by atoms with Crippen molar-refractivity contribution in [3.05, 3.63) is 71.3 Å². The highest BCUT2D eigenvalue weighted by Gasteiger charge is 2.45. The third-order valence-corrected chi connectivity index (χ3v) is 4.85. The molecule has 0 saturated carbocycles. The summed E-state index contributed by atoms with van der Waals surface area (Å²) in [7, 11) is 0. The molecule has 2 aromatic carbocycles. The minimum atomic E-state index is -0.905. The van der Waals surface area contributed by atoms with Crippen LogP contribution in [0.3, 0.4) is 0 Å². The van der Waals surface area contributed by atoms with Crippen LogP contribution in [0.25, 0.3) is 0 Å². The Morgan fingerprint density at radius 1 is 1.12 bits per heavy atom. The fraction of sp³-hybridized carbons (Fsp3) is 0.300. The van der Waals surface area contributed by atoms with Crippen molar-refractivity contribution in [2.75, 3.05) is 0 Å². The minimum absolute atomic E-state index is 0.0436. The summed E-state index contributed by atoms with van der Waals surface area (Å²) in [4.78, 5) is 27.0. The van der Waals surface area contributed by atoms with Crippen molar-refractivity contribution in [3.63, 3.8) is 0 Å². The van der Waals surface area contributed by atoms with Crippen molar-refractivity contribution >= 4 is 11.9 Å². The highest BCUT2D eigenvalue weighted by Crippen LogP contribution is 2.44. The molecule has 1 amide bonds. The van der Waals surface area contributed by atoms with Crippen LogP contribution in [0.2, 0.25) is 0 Å². The number of rotatable bonds is 4. The van der Waals surface area contributed by atoms with Crippen LogP contribution in [0.5, 0.6) is 0 Å². The van der Waals surface area contributed by atoms with Crippen molar-refractivity contribution in [1.29, 1.82) is 0 Å². The van der Waals surface area contributed by atoms with Crippen LogP contribution in [0.4, 0.5) is 0 Å². The Bertz CT molecular complexity index is 756. The number of fused-ring (bicyclic) bond motifs is 1. The van der Waals surface area contributed by atoms with Gasteiger partial charge >= 0.3 is 5.97 Å². The predicted octanol–water partition coefficient (Wildman–Crippen LogP) is 3.85. The summed E-state index contributed by atoms with van der Waals surface area (Å²) in [5.41, 5.74) is 1.95. The van der Waals surface area contributed by atoms with Gasteiger partial charge in [-0.1, -0.05) is 55.5 Å². The Balaban J connectivity index is 2.24. The van der Waals surface area contributed by atoms with Gasteiger partial charge in [0, 0.05) is 11.6 Å². The minimum Gasteiger partial charge on any atom is -0.481 e. The Labute approximate surface area is 141 Å². The van der Waals surface area contributed by atoms with Crippen molar-refractivity contribution in [1.82, 2.24) is 4.90 Å². The number of carboxylic acid groups (broad SMARTS) is 1. The predicted molar refractivity (Wildman–Crippen MR) is 91.9 cm³/mol. The Hall–Kier alpha value is -2.62. The number of aliphatic carboxylic acids is 1. The van der Waals surface area contributed by atoms with Gasteiger partial charge in [-0.3, -0.25) is 9.59 Å². The SMILES string of the molecule is CC[C@H](C)N1C(=O)c2ccccc2[C@H](C(=O)O)[C@H]1c1ccccc1. The Kier molecular flexibility index (Phi) is 4.38. The molecule has 24 heavy (non-hydrogen) atoms. The topological polar surface area (TPSA) is 57.6 Å². The summed E-state index contributed by atoms with van der Waals surface area (Å²) >= 11 is 0. The molecule has 1 N–H and O–H groups in total. The van der Waals surface area contributed by atoms with Gasteiger partial charge in [-0.15, -0.1) is 0 Å². The fourth-order valence-electron chi connectivity index (χ4n) is 3.50. The monoisotopic (exact) mass is 323 g/mol. The lowest BCUT2D eigenvalue weighted by atomic mass is 9.79. The molecule has 0 radical (unpaired) electrons. The molecule has 0 unspecified atom stereocenters. The number of nitrogens with zero attached hydrogens (tertiary/aromatic N) is 1. The number of hydrogen-bond acceptors (Lipinski definition) is 2. The van der Waals surface area contributed by atoms with Gasteiger partial charge in [0.15, 0.2) is 0 Å². The van der Waals surface area contributed by atoms with Crippen LogP contribution in [0.15, 0.2) is 54.6 Å². The second kappa shape index (κ2) is 6.48. The quantitative estimate of drug-likeness (QED) is 0.930. The van der Waals surface area contributed by atoms with E-state index in [2.05, 4.69) is 0 Å². The van der Waals surface area contributed by atoms with Crippen LogP contribution >= 0.6 is 0 Å². The lowest BCUT2D eigenvalue weighted by Gasteiger charge is -2.43. The molecule has 1 aliphatic rings. The smallest absolute Gasteiger partial charge is 0.313 e. The third kappa shape index (κ3) is 2.58. The number of hydrogen-bond donors (Lipinski definition) is 1. The maximum absolute atomic E-state index is 13.1. The zero-order valence-electron chi connectivity index (χ0n) is 13.8. The van der Waals surface area contributed by atoms with E-state index in [9.17, 15) is 14.7 Å². The number of carbonyl (C=O) groups excluding carboxylic acids is 1. The summed E-state index contributed by atoms with van der Waals surface area (Å²) in [5, 5.41) is 9.94. The molecular weight excluding hydrogens is 302 g/mol. The summed E-state index contributed by atoms with van der Waals surface area (Å²) in [6.45, 7) is 3.98. The average Bonchev–Trinajstić information content (AvgIpc) is 2.61. The third-order valence-electron chi connectivity index (χ3n) is 4.85. The first kappa shape index (κ1) is 16.2. The summed E-state index contributed by atoms with van der Waals surface area (Å²) < 4.78 is 0. The molecular formula is C20H21NO3. The van der Waals surface area contributed by atoms with Crippen molar-refractivity contribution in [2.45, 2.75) is 38.3 Å². The first-order valence-corrected chi connectivity index (χ1v) is 8.25. The molecule has 124 valence electrons. The van der Waals surface area contributed by atoms with E-state index in [0.29, 0.717) is 11.1 Å². The molecule has 2 aromatic rings. The molecule has 0 fully saturated rings. The molecule has 1 aliphatic heterocycles. The Morgan fingerprint density at radius 2 is 1.75 bits per heavy atom. The lowest BCUT2D eigenvalue weighted by molar-refractivity contribution is -0.140. The molecule has 4 nitrogen and oxygen atoms in total. The molecule has 3 atom stereocenters. The molecule has 0 saturated heterocycles. The number of benzene rings is 2. The maximum Gasteiger partial charge on any atom is 0.313 e. The van der Waals surface area contributed by atoms with Gasteiger partial charge < -0.3 is 10.0 Å². The molecule has 0 aliphatic carbocycles. The normalized spacial score (nSPS) is 21.2. The van der Waals surface area contributed by atoms with Gasteiger partial charge in [0.2, 0.25) is 0 Å². The molecule has 1 heterocycles. The van der Waals surface area contributed by atoms with Crippen LogP contribution in [0, 0.1) is 0 Å². The number of amides is 1. The van der Waals surface area contributed by atoms with E-state index in [1.807, 2.05) is 44.2 Å². The summed E-state index contributed by atoms with van der Waals surface area (Å²) in [5.74, 6) is -1.77. The molecule has 0 bridgehead atoms. The van der Waals surface area contributed by atoms with E-state index < -0.39 is 17.9 Å². The van der Waals surface area contributed by atoms with Gasteiger partial charge in [-0.2, -0.15) is 0 Å². The highest BCUT2D eigenvalue weighted by atomic mass is 16.4. The second-order valence-corrected chi connectivity index (χ2v) is 6.23. The van der Waals surface area contributed by atoms with Crippen molar-refractivity contribution in [2.24, 2.45) is 0 Å². The summed E-state index contributed by atoms with van der Waals surface area (Å²) in [6, 6.07) is 16.0. The average molecular weight is 323 g/mol. The second-order valence-electron chi connectivity index (χ2n) is 6.23. The van der Waals surface area contributed by atoms with Crippen LogP contribution in [-0.4, -0.2) is 27.9 Å². The van der Waals surface area contributed by atoms with Gasteiger partial charge in [0.05, 0.1) is 6.04 Å². The maximum atomic E-state index is 13.1. The highest BCUT2D eigenvalue weighted by molar-refractivity contribution is 6.00. The standard InChI is InChI=1S/C20H21NO3/c1-3-13(2)21-18(14-9-5-4-6-10-14)17(20(23)24)15-11-7-8-12-16(15)19(21)22/h4-13,17-18H,3H2,1-2H3,(H,23,24)/t13-,17-,18+/m0/s1. The van der Waals surface area contributed by atoms with E-state index in [1.165, 1.54) is 0 Å². The number of carbonyl (C=O) groups is 2. The molecule has 0 spiro atoms. The zero-order chi connectivity index (χ0) is 17.3. The van der Waals surface area contributed by atoms with Gasteiger partial charge in [0.25, 0.3) is 5.91 Å². The van der Waals surface area contributed by atoms with Gasteiger partial charge in [-0.25, -0.2) is 0 Å². The first-order valence-electron chi connectivity index (χ1n) is 8.25. The molecule has 3 rings (SSSR count). The van der Waals surface area contributed by atoms with Gasteiger partial charge in [0.1, 0.15) is 5.92 Å². The largest absolute Gasteiger partial charge is 0.481 e. The lowest BCUT2D eigenvalue weighted by Crippen LogP contribution is -2.48. The van der Waals surface area contributed by atoms with Crippen LogP contribution < -0.4 is 0 Å². The van der Waals surface area contributed by atoms with E-state index in [-0.39, 0.29) is 11.9 Å². The van der Waals surface area contributed by atoms with Crippen LogP contribution in [-0.2, 0) is 4.79 Å². The van der Waals surface area contributed by atoms with Gasteiger partial charge in [-0.05, 0) is 30.5 Å². The summed E-state index contributed by atoms with van der Waals surface area (Å²) in [6.07, 6.45) is 0.767.